The number of phenolic OH excluding ortho intramolecular Hbond substituents is 2. The molecule has 0 aromatic heterocycles. The molecule has 0 bridgehead atoms. The fraction of sp³-hybridized carbons (Fsp3) is 0.0526. The van der Waals surface area contributed by atoms with Gasteiger partial charge < -0.3 is 10.2 Å². The Morgan fingerprint density at radius 2 is 1.28 bits per heavy atom. The van der Waals surface area contributed by atoms with Crippen LogP contribution in [0.1, 0.15) is 16.7 Å². The second-order valence-corrected chi connectivity index (χ2v) is 9.36. The fourth-order valence-electron chi connectivity index (χ4n) is 3.18. The van der Waals surface area contributed by atoms with Crippen LogP contribution in [-0.2, 0) is 14.9 Å². The SMILES string of the molecule is O=S(=O)(O)C(c1ccc(Cl)cc1)(c1cc(Cl)c(O)cc1O)c1ccc(Cl)cc1Cl. The van der Waals surface area contributed by atoms with E-state index < -0.39 is 26.4 Å². The second kappa shape index (κ2) is 7.87. The maximum absolute atomic E-state index is 12.9. The fourth-order valence-corrected chi connectivity index (χ4v) is 5.40. The highest BCUT2D eigenvalue weighted by Crippen LogP contribution is 2.51. The van der Waals surface area contributed by atoms with E-state index in [1.54, 1.807) is 0 Å². The molecule has 0 saturated heterocycles. The van der Waals surface area contributed by atoms with Gasteiger partial charge in [-0.1, -0.05) is 64.6 Å². The Kier molecular flexibility index (Phi) is 5.98. The van der Waals surface area contributed by atoms with Gasteiger partial charge in [-0.2, -0.15) is 8.42 Å². The van der Waals surface area contributed by atoms with Crippen molar-refractivity contribution >= 4 is 56.5 Å². The molecule has 3 aromatic carbocycles. The molecule has 1 unspecified atom stereocenters. The highest BCUT2D eigenvalue weighted by atomic mass is 35.5. The van der Waals surface area contributed by atoms with Crippen molar-refractivity contribution in [3.8, 4) is 11.5 Å². The van der Waals surface area contributed by atoms with Crippen molar-refractivity contribution in [2.75, 3.05) is 0 Å². The summed E-state index contributed by atoms with van der Waals surface area (Å²) in [5, 5.41) is 20.6. The molecule has 3 N–H and O–H groups in total. The van der Waals surface area contributed by atoms with E-state index in [1.807, 2.05) is 0 Å². The van der Waals surface area contributed by atoms with Crippen molar-refractivity contribution in [2.45, 2.75) is 4.75 Å². The van der Waals surface area contributed by atoms with Crippen molar-refractivity contribution in [1.82, 2.24) is 0 Å². The smallest absolute Gasteiger partial charge is 0.283 e. The van der Waals surface area contributed by atoms with Crippen LogP contribution in [0.25, 0.3) is 0 Å². The Balaban J connectivity index is 2.58. The van der Waals surface area contributed by atoms with Gasteiger partial charge in [-0.15, -0.1) is 0 Å². The first kappa shape index (κ1) is 22.0. The lowest BCUT2D eigenvalue weighted by Crippen LogP contribution is -2.38. The number of halogens is 4. The van der Waals surface area contributed by atoms with E-state index in [4.69, 9.17) is 46.4 Å². The van der Waals surface area contributed by atoms with Gasteiger partial charge in [0.15, 0.2) is 4.75 Å². The molecule has 0 fully saturated rings. The van der Waals surface area contributed by atoms with Crippen molar-refractivity contribution in [3.05, 3.63) is 91.4 Å². The molecule has 0 aliphatic rings. The van der Waals surface area contributed by atoms with Crippen molar-refractivity contribution < 1.29 is 23.2 Å². The number of aromatic hydroxyl groups is 2. The van der Waals surface area contributed by atoms with E-state index in [9.17, 15) is 23.2 Å². The van der Waals surface area contributed by atoms with Gasteiger partial charge in [0.1, 0.15) is 11.5 Å². The van der Waals surface area contributed by atoms with E-state index in [0.29, 0.717) is 5.02 Å². The standard InChI is InChI=1S/C19H12Cl4O5S/c20-11-3-1-10(2-4-11)19(29(26,27)28,13-6-5-12(21)7-15(13)22)14-8-16(23)18(25)9-17(14)24/h1-9,24-25H,(H,26,27,28). The molecule has 0 heterocycles. The zero-order chi connectivity index (χ0) is 21.6. The van der Waals surface area contributed by atoms with Crippen LogP contribution < -0.4 is 0 Å². The monoisotopic (exact) mass is 492 g/mol. The summed E-state index contributed by atoms with van der Waals surface area (Å²) in [6.07, 6.45) is 0. The molecule has 0 amide bonds. The Morgan fingerprint density at radius 1 is 0.690 bits per heavy atom. The van der Waals surface area contributed by atoms with E-state index in [-0.39, 0.29) is 31.8 Å². The largest absolute Gasteiger partial charge is 0.507 e. The van der Waals surface area contributed by atoms with Crippen LogP contribution in [0.4, 0.5) is 0 Å². The predicted molar refractivity (Wildman–Crippen MR) is 114 cm³/mol. The predicted octanol–water partition coefficient (Wildman–Crippen LogP) is 5.89. The first-order valence-corrected chi connectivity index (χ1v) is 10.8. The molecule has 1 atom stereocenters. The highest BCUT2D eigenvalue weighted by Gasteiger charge is 2.51. The summed E-state index contributed by atoms with van der Waals surface area (Å²) < 4.78 is 33.9. The summed E-state index contributed by atoms with van der Waals surface area (Å²) in [5.74, 6) is -1.11. The lowest BCUT2D eigenvalue weighted by Gasteiger charge is -2.33. The first-order chi connectivity index (χ1) is 13.5. The zero-order valence-corrected chi connectivity index (χ0v) is 18.1. The summed E-state index contributed by atoms with van der Waals surface area (Å²) in [6.45, 7) is 0. The molecule has 5 nitrogen and oxygen atoms in total. The Morgan fingerprint density at radius 3 is 1.83 bits per heavy atom. The normalized spacial score (nSPS) is 13.8. The van der Waals surface area contributed by atoms with Crippen molar-refractivity contribution in [2.24, 2.45) is 0 Å². The lowest BCUT2D eigenvalue weighted by atomic mass is 9.83. The van der Waals surface area contributed by atoms with Gasteiger partial charge in [0.2, 0.25) is 0 Å². The molecular weight excluding hydrogens is 482 g/mol. The van der Waals surface area contributed by atoms with Gasteiger partial charge in [-0.25, -0.2) is 0 Å². The lowest BCUT2D eigenvalue weighted by molar-refractivity contribution is 0.431. The minimum Gasteiger partial charge on any atom is -0.507 e. The number of benzene rings is 3. The van der Waals surface area contributed by atoms with E-state index in [0.717, 1.165) is 12.1 Å². The molecule has 152 valence electrons. The van der Waals surface area contributed by atoms with E-state index >= 15 is 0 Å². The minimum absolute atomic E-state index is 0.0191. The first-order valence-electron chi connectivity index (χ1n) is 7.89. The van der Waals surface area contributed by atoms with Gasteiger partial charge in [-0.3, -0.25) is 4.55 Å². The molecule has 3 rings (SSSR count). The van der Waals surface area contributed by atoms with Gasteiger partial charge >= 0.3 is 0 Å². The average Bonchev–Trinajstić information content (AvgIpc) is 2.61. The van der Waals surface area contributed by atoms with Crippen LogP contribution in [0.15, 0.2) is 54.6 Å². The van der Waals surface area contributed by atoms with Crippen LogP contribution in [0.2, 0.25) is 20.1 Å². The molecule has 0 spiro atoms. The maximum atomic E-state index is 12.9. The third-order valence-electron chi connectivity index (χ3n) is 4.39. The summed E-state index contributed by atoms with van der Waals surface area (Å²) in [7, 11) is -5.06. The van der Waals surface area contributed by atoms with Crippen molar-refractivity contribution in [3.63, 3.8) is 0 Å². The van der Waals surface area contributed by atoms with Gasteiger partial charge in [-0.05, 0) is 35.9 Å². The highest BCUT2D eigenvalue weighted by molar-refractivity contribution is 7.87. The number of hydrogen-bond donors (Lipinski definition) is 3. The molecule has 29 heavy (non-hydrogen) atoms. The molecule has 0 saturated carbocycles. The third-order valence-corrected chi connectivity index (χ3v) is 6.94. The van der Waals surface area contributed by atoms with Crippen LogP contribution in [0.3, 0.4) is 0 Å². The summed E-state index contributed by atoms with van der Waals surface area (Å²) in [4.78, 5) is 0. The zero-order valence-electron chi connectivity index (χ0n) is 14.3. The number of hydrogen-bond acceptors (Lipinski definition) is 4. The average molecular weight is 494 g/mol. The van der Waals surface area contributed by atoms with E-state index in [2.05, 4.69) is 0 Å². The molecule has 0 aliphatic carbocycles. The van der Waals surface area contributed by atoms with Gasteiger partial charge in [0, 0.05) is 32.3 Å². The summed E-state index contributed by atoms with van der Waals surface area (Å²) in [6, 6.07) is 11.5. The van der Waals surface area contributed by atoms with Crippen LogP contribution in [0.5, 0.6) is 11.5 Å². The summed E-state index contributed by atoms with van der Waals surface area (Å²) >= 11 is 24.2. The molecule has 0 aliphatic heterocycles. The second-order valence-electron chi connectivity index (χ2n) is 6.11. The Labute approximate surface area is 186 Å². The maximum Gasteiger partial charge on any atom is 0.283 e. The number of phenols is 2. The Hall–Kier alpha value is -1.67. The Bertz CT molecular complexity index is 1200. The van der Waals surface area contributed by atoms with Gasteiger partial charge in [0.05, 0.1) is 5.02 Å². The van der Waals surface area contributed by atoms with Crippen LogP contribution in [0, 0.1) is 0 Å². The minimum atomic E-state index is -5.06. The number of rotatable bonds is 4. The molecular formula is C19H12Cl4O5S. The molecule has 0 radical (unpaired) electrons. The van der Waals surface area contributed by atoms with Crippen LogP contribution >= 0.6 is 46.4 Å². The van der Waals surface area contributed by atoms with E-state index in [1.165, 1.54) is 42.5 Å². The third kappa shape index (κ3) is 3.77. The quantitative estimate of drug-likeness (QED) is 0.311. The van der Waals surface area contributed by atoms with Gasteiger partial charge in [0.25, 0.3) is 10.1 Å². The molecule has 10 heteroatoms. The topological polar surface area (TPSA) is 94.8 Å². The van der Waals surface area contributed by atoms with Crippen LogP contribution in [-0.4, -0.2) is 23.2 Å². The summed E-state index contributed by atoms with van der Waals surface area (Å²) in [5.41, 5.74) is -0.398. The van der Waals surface area contributed by atoms with Crippen molar-refractivity contribution in [1.29, 1.82) is 0 Å². The molecule has 3 aromatic rings.